The predicted molar refractivity (Wildman–Crippen MR) is 68.9 cm³/mol. The van der Waals surface area contributed by atoms with Crippen LogP contribution < -0.4 is 0 Å². The van der Waals surface area contributed by atoms with Crippen LogP contribution in [0.15, 0.2) is 30.5 Å². The molecule has 0 radical (unpaired) electrons. The van der Waals surface area contributed by atoms with Gasteiger partial charge in [-0.3, -0.25) is 0 Å². The van der Waals surface area contributed by atoms with Gasteiger partial charge in [-0.25, -0.2) is 0 Å². The largest absolute Gasteiger partial charge is 0.384 e. The lowest BCUT2D eigenvalue weighted by atomic mass is 9.86. The summed E-state index contributed by atoms with van der Waals surface area (Å²) in [5.41, 5.74) is 1.44. The first kappa shape index (κ1) is 10.8. The molecule has 2 N–H and O–H groups in total. The van der Waals surface area contributed by atoms with E-state index in [2.05, 4.69) is 29.1 Å². The molecule has 3 nitrogen and oxygen atoms in total. The van der Waals surface area contributed by atoms with Crippen LogP contribution in [0.3, 0.4) is 0 Å². The zero-order valence-corrected chi connectivity index (χ0v) is 10.1. The van der Waals surface area contributed by atoms with Crippen LogP contribution in [-0.2, 0) is 5.60 Å². The molecule has 90 valence electrons. The van der Waals surface area contributed by atoms with Crippen molar-refractivity contribution >= 4 is 10.9 Å². The maximum Gasteiger partial charge on any atom is 0.104 e. The summed E-state index contributed by atoms with van der Waals surface area (Å²) in [4.78, 5) is 5.45. The van der Waals surface area contributed by atoms with E-state index < -0.39 is 5.60 Å². The number of aliphatic hydroxyl groups is 1. The maximum absolute atomic E-state index is 10.8. The van der Waals surface area contributed by atoms with Crippen LogP contribution in [0.25, 0.3) is 10.9 Å². The molecule has 1 saturated heterocycles. The van der Waals surface area contributed by atoms with E-state index in [0.29, 0.717) is 0 Å². The van der Waals surface area contributed by atoms with Gasteiger partial charge in [-0.1, -0.05) is 18.2 Å². The molecule has 1 fully saturated rings. The van der Waals surface area contributed by atoms with E-state index >= 15 is 0 Å². The SMILES string of the molecule is CN1CCCC(O)(c2c[nH]c3ccccc23)C1. The summed E-state index contributed by atoms with van der Waals surface area (Å²) in [6.07, 6.45) is 3.86. The molecule has 3 rings (SSSR count). The topological polar surface area (TPSA) is 39.3 Å². The lowest BCUT2D eigenvalue weighted by Gasteiger charge is -2.37. The normalized spacial score (nSPS) is 26.5. The van der Waals surface area contributed by atoms with Crippen molar-refractivity contribution in [2.24, 2.45) is 0 Å². The summed E-state index contributed by atoms with van der Waals surface area (Å²) in [6, 6.07) is 8.16. The number of benzene rings is 1. The highest BCUT2D eigenvalue weighted by Gasteiger charge is 2.35. The molecule has 1 unspecified atom stereocenters. The van der Waals surface area contributed by atoms with Crippen molar-refractivity contribution in [1.82, 2.24) is 9.88 Å². The monoisotopic (exact) mass is 230 g/mol. The second-order valence-electron chi connectivity index (χ2n) is 5.12. The molecular formula is C14H18N2O. The molecule has 1 aromatic carbocycles. The van der Waals surface area contributed by atoms with Gasteiger partial charge in [-0.15, -0.1) is 0 Å². The van der Waals surface area contributed by atoms with E-state index in [1.807, 2.05) is 18.3 Å². The van der Waals surface area contributed by atoms with Gasteiger partial charge in [0.25, 0.3) is 0 Å². The van der Waals surface area contributed by atoms with Crippen molar-refractivity contribution < 1.29 is 5.11 Å². The molecular weight excluding hydrogens is 212 g/mol. The highest BCUT2D eigenvalue weighted by atomic mass is 16.3. The molecule has 2 aromatic rings. The highest BCUT2D eigenvalue weighted by Crippen LogP contribution is 2.35. The maximum atomic E-state index is 10.8. The second kappa shape index (κ2) is 3.86. The fourth-order valence-corrected chi connectivity index (χ4v) is 2.92. The molecule has 2 heterocycles. The lowest BCUT2D eigenvalue weighted by molar-refractivity contribution is -0.0265. The molecule has 0 amide bonds. The minimum absolute atomic E-state index is 0.702. The van der Waals surface area contributed by atoms with E-state index in [1.165, 1.54) is 0 Å². The number of nitrogens with one attached hydrogen (secondary N) is 1. The van der Waals surface area contributed by atoms with Gasteiger partial charge in [0.2, 0.25) is 0 Å². The summed E-state index contributed by atoms with van der Waals surface area (Å²) >= 11 is 0. The predicted octanol–water partition coefficient (Wildman–Crippen LogP) is 2.08. The number of rotatable bonds is 1. The van der Waals surface area contributed by atoms with E-state index in [1.54, 1.807) is 0 Å². The standard InChI is InChI=1S/C14H18N2O/c1-16-8-4-7-14(17,10-16)12-9-15-13-6-3-2-5-11(12)13/h2-3,5-6,9,15,17H,4,7-8,10H2,1H3. The Hall–Kier alpha value is -1.32. The van der Waals surface area contributed by atoms with Crippen molar-refractivity contribution in [2.75, 3.05) is 20.1 Å². The van der Waals surface area contributed by atoms with Crippen LogP contribution in [0.5, 0.6) is 0 Å². The highest BCUT2D eigenvalue weighted by molar-refractivity contribution is 5.84. The van der Waals surface area contributed by atoms with Crippen molar-refractivity contribution in [1.29, 1.82) is 0 Å². The zero-order chi connectivity index (χ0) is 11.9. The molecule has 3 heteroatoms. The number of β-amino-alcohol motifs (C(OH)–C–C–N with tert-alkyl or cyclic N) is 1. The number of aromatic nitrogens is 1. The van der Waals surface area contributed by atoms with Crippen LogP contribution in [0, 0.1) is 0 Å². The van der Waals surface area contributed by atoms with Crippen LogP contribution in [0.1, 0.15) is 18.4 Å². The lowest BCUT2D eigenvalue weighted by Crippen LogP contribution is -2.44. The number of para-hydroxylation sites is 1. The zero-order valence-electron chi connectivity index (χ0n) is 10.1. The first-order valence-electron chi connectivity index (χ1n) is 6.17. The fourth-order valence-electron chi connectivity index (χ4n) is 2.92. The van der Waals surface area contributed by atoms with Gasteiger partial charge in [-0.2, -0.15) is 0 Å². The van der Waals surface area contributed by atoms with Crippen LogP contribution >= 0.6 is 0 Å². The Morgan fingerprint density at radius 3 is 3.00 bits per heavy atom. The molecule has 1 atom stereocenters. The summed E-state index contributed by atoms with van der Waals surface area (Å²) in [5.74, 6) is 0. The van der Waals surface area contributed by atoms with E-state index in [-0.39, 0.29) is 0 Å². The van der Waals surface area contributed by atoms with Crippen LogP contribution in [0.2, 0.25) is 0 Å². The van der Waals surface area contributed by atoms with Gasteiger partial charge in [0.1, 0.15) is 5.60 Å². The van der Waals surface area contributed by atoms with Crippen molar-refractivity contribution in [2.45, 2.75) is 18.4 Å². The van der Waals surface area contributed by atoms with Crippen molar-refractivity contribution in [3.63, 3.8) is 0 Å². The molecule has 0 aliphatic carbocycles. The second-order valence-corrected chi connectivity index (χ2v) is 5.12. The number of nitrogens with zero attached hydrogens (tertiary/aromatic N) is 1. The number of H-pyrrole nitrogens is 1. The third-order valence-electron chi connectivity index (χ3n) is 3.75. The Morgan fingerprint density at radius 2 is 2.18 bits per heavy atom. The molecule has 1 aliphatic heterocycles. The molecule has 1 aliphatic rings. The molecule has 1 aromatic heterocycles. The summed E-state index contributed by atoms with van der Waals surface area (Å²) in [6.45, 7) is 1.79. The van der Waals surface area contributed by atoms with Crippen molar-refractivity contribution in [3.05, 3.63) is 36.0 Å². The Balaban J connectivity index is 2.08. The van der Waals surface area contributed by atoms with Gasteiger partial charge in [0, 0.05) is 29.2 Å². The van der Waals surface area contributed by atoms with Crippen LogP contribution in [0.4, 0.5) is 0 Å². The number of likely N-dealkylation sites (tertiary alicyclic amines) is 1. The van der Waals surface area contributed by atoms with Gasteiger partial charge < -0.3 is 15.0 Å². The summed E-state index contributed by atoms with van der Waals surface area (Å²) in [5, 5.41) is 12.0. The van der Waals surface area contributed by atoms with E-state index in [4.69, 9.17) is 0 Å². The van der Waals surface area contributed by atoms with Gasteiger partial charge in [0.05, 0.1) is 0 Å². The molecule has 0 spiro atoms. The van der Waals surface area contributed by atoms with Gasteiger partial charge in [-0.05, 0) is 32.5 Å². The Labute approximate surface area is 101 Å². The van der Waals surface area contributed by atoms with Crippen LogP contribution in [-0.4, -0.2) is 35.1 Å². The number of hydrogen-bond acceptors (Lipinski definition) is 2. The van der Waals surface area contributed by atoms with Gasteiger partial charge in [0.15, 0.2) is 0 Å². The van der Waals surface area contributed by atoms with E-state index in [0.717, 1.165) is 42.4 Å². The third-order valence-corrected chi connectivity index (χ3v) is 3.75. The fraction of sp³-hybridized carbons (Fsp3) is 0.429. The minimum Gasteiger partial charge on any atom is -0.384 e. The average molecular weight is 230 g/mol. The van der Waals surface area contributed by atoms with E-state index in [9.17, 15) is 5.11 Å². The minimum atomic E-state index is -0.702. The first-order chi connectivity index (χ1) is 8.19. The summed E-state index contributed by atoms with van der Waals surface area (Å²) < 4.78 is 0. The van der Waals surface area contributed by atoms with Gasteiger partial charge >= 0.3 is 0 Å². The number of likely N-dealkylation sites (N-methyl/N-ethyl adjacent to an activating group) is 1. The molecule has 0 bridgehead atoms. The Bertz CT molecular complexity index is 534. The number of aromatic amines is 1. The smallest absolute Gasteiger partial charge is 0.104 e. The van der Waals surface area contributed by atoms with Crippen molar-refractivity contribution in [3.8, 4) is 0 Å². The Morgan fingerprint density at radius 1 is 1.35 bits per heavy atom. The molecule has 17 heavy (non-hydrogen) atoms. The number of fused-ring (bicyclic) bond motifs is 1. The Kier molecular flexibility index (Phi) is 2.45. The number of hydrogen-bond donors (Lipinski definition) is 2. The number of piperidine rings is 1. The third kappa shape index (κ3) is 1.75. The first-order valence-corrected chi connectivity index (χ1v) is 6.17. The summed E-state index contributed by atoms with van der Waals surface area (Å²) in [7, 11) is 2.07. The quantitative estimate of drug-likeness (QED) is 0.787. The average Bonchev–Trinajstić information content (AvgIpc) is 2.72. The molecule has 0 saturated carbocycles.